The minimum atomic E-state index is -4.88. The molecule has 2 amide bonds. The second-order valence-electron chi connectivity index (χ2n) is 5.75. The van der Waals surface area contributed by atoms with Crippen molar-refractivity contribution in [3.05, 3.63) is 6.33 Å². The number of urea groups is 1. The predicted molar refractivity (Wildman–Crippen MR) is 82.4 cm³/mol. The van der Waals surface area contributed by atoms with Gasteiger partial charge in [-0.25, -0.2) is 4.79 Å². The largest absolute Gasteiger partial charge is 0.418 e. The fourth-order valence-corrected chi connectivity index (χ4v) is 4.39. The van der Waals surface area contributed by atoms with E-state index in [1.807, 2.05) is 4.72 Å². The molecular weight excluding hydrogens is 394 g/mol. The number of hydrogen-bond acceptors (Lipinski definition) is 9. The molecule has 16 heteroatoms. The summed E-state index contributed by atoms with van der Waals surface area (Å²) in [5.74, 6) is -0.478. The molecule has 2 atom stereocenters. The summed E-state index contributed by atoms with van der Waals surface area (Å²) in [4.78, 5) is 13.4. The van der Waals surface area contributed by atoms with Crippen LogP contribution in [0.4, 0.5) is 4.79 Å². The van der Waals surface area contributed by atoms with Crippen molar-refractivity contribution >= 4 is 32.3 Å². The van der Waals surface area contributed by atoms with E-state index in [1.54, 1.807) is 0 Å². The van der Waals surface area contributed by atoms with Crippen molar-refractivity contribution in [3.63, 3.8) is 0 Å². The molecule has 0 saturated carbocycles. The van der Waals surface area contributed by atoms with E-state index in [2.05, 4.69) is 14.5 Å². The molecular formula is C10H15N7O7S2. The monoisotopic (exact) mass is 409 g/mol. The van der Waals surface area contributed by atoms with E-state index < -0.39 is 49.5 Å². The second kappa shape index (κ2) is 6.15. The van der Waals surface area contributed by atoms with Crippen LogP contribution in [0.2, 0.25) is 0 Å². The third kappa shape index (κ3) is 3.35. The van der Waals surface area contributed by atoms with Crippen molar-refractivity contribution in [2.24, 2.45) is 7.05 Å². The predicted octanol–water partition coefficient (Wildman–Crippen LogP) is -1.93. The summed E-state index contributed by atoms with van der Waals surface area (Å²) in [6.45, 7) is 0.0209. The summed E-state index contributed by atoms with van der Waals surface area (Å²) in [5, 5.41) is 15.1. The molecule has 0 aromatic carbocycles. The molecule has 2 aliphatic rings. The van der Waals surface area contributed by atoms with E-state index in [1.165, 1.54) is 13.4 Å². The first kappa shape index (κ1) is 18.5. The number of rotatable bonds is 5. The summed E-state index contributed by atoms with van der Waals surface area (Å²) in [5.41, 5.74) is 0. The Morgan fingerprint density at radius 1 is 1.38 bits per heavy atom. The number of amides is 2. The number of carbonyl (C=O) groups excluding carboxylic acids is 1. The summed E-state index contributed by atoms with van der Waals surface area (Å²) in [7, 11) is -7.65. The molecule has 2 saturated heterocycles. The van der Waals surface area contributed by atoms with Crippen LogP contribution in [0, 0.1) is 5.41 Å². The lowest BCUT2D eigenvalue weighted by molar-refractivity contribution is -0.0316. The van der Waals surface area contributed by atoms with Crippen LogP contribution in [-0.2, 0) is 31.8 Å². The quantitative estimate of drug-likeness (QED) is 0.283. The molecule has 1 aromatic heterocycles. The van der Waals surface area contributed by atoms with Crippen molar-refractivity contribution < 1.29 is 30.5 Å². The van der Waals surface area contributed by atoms with Gasteiger partial charge in [-0.05, 0) is 12.8 Å². The molecule has 2 fully saturated rings. The number of amidine groups is 1. The fourth-order valence-electron chi connectivity index (χ4n) is 2.91. The van der Waals surface area contributed by atoms with Crippen LogP contribution in [0.5, 0.6) is 0 Å². The first-order chi connectivity index (χ1) is 12.0. The molecule has 14 nitrogen and oxygen atoms in total. The van der Waals surface area contributed by atoms with Crippen LogP contribution in [-0.4, -0.2) is 76.6 Å². The number of fused-ring (bicyclic) bond motifs is 2. The van der Waals surface area contributed by atoms with E-state index in [0.717, 1.165) is 9.47 Å². The van der Waals surface area contributed by atoms with Crippen molar-refractivity contribution in [2.45, 2.75) is 30.1 Å². The number of hydroxylamine groups is 2. The number of nitrogens with zero attached hydrogens (tertiary/aromatic N) is 5. The zero-order chi connectivity index (χ0) is 19.3. The lowest BCUT2D eigenvalue weighted by Gasteiger charge is -2.30. The third-order valence-corrected chi connectivity index (χ3v) is 5.67. The molecule has 26 heavy (non-hydrogen) atoms. The highest BCUT2D eigenvalue weighted by atomic mass is 32.3. The summed E-state index contributed by atoms with van der Waals surface area (Å²) in [6, 6.07) is -2.46. The Kier molecular flexibility index (Phi) is 4.37. The van der Waals surface area contributed by atoms with Gasteiger partial charge in [0.15, 0.2) is 0 Å². The van der Waals surface area contributed by atoms with Gasteiger partial charge in [0, 0.05) is 13.6 Å². The second-order valence-corrected chi connectivity index (χ2v) is 8.33. The van der Waals surface area contributed by atoms with Gasteiger partial charge < -0.3 is 9.47 Å². The smallest absolute Gasteiger partial charge is 0.310 e. The summed E-state index contributed by atoms with van der Waals surface area (Å²) in [6.07, 6.45) is 1.62. The maximum absolute atomic E-state index is 12.3. The molecule has 3 rings (SSSR count). The average Bonchev–Trinajstić information content (AvgIpc) is 3.04. The van der Waals surface area contributed by atoms with E-state index >= 15 is 0 Å². The molecule has 1 aromatic rings. The minimum Gasteiger partial charge on any atom is -0.310 e. The number of sulfonamides is 1. The van der Waals surface area contributed by atoms with Crippen LogP contribution in [0.3, 0.4) is 0 Å². The minimum absolute atomic E-state index is 0.0209. The zero-order valence-electron chi connectivity index (χ0n) is 13.3. The Morgan fingerprint density at radius 3 is 2.65 bits per heavy atom. The van der Waals surface area contributed by atoms with Gasteiger partial charge in [-0.2, -0.15) is 21.9 Å². The van der Waals surface area contributed by atoms with Crippen molar-refractivity contribution in [1.29, 1.82) is 5.41 Å². The van der Waals surface area contributed by atoms with E-state index in [4.69, 9.17) is 9.96 Å². The van der Waals surface area contributed by atoms with Gasteiger partial charge in [-0.15, -0.1) is 14.5 Å². The topological polar surface area (TPSA) is 188 Å². The molecule has 0 spiro atoms. The number of nitrogens with one attached hydrogen (secondary N) is 2. The van der Waals surface area contributed by atoms with Crippen molar-refractivity contribution in [3.8, 4) is 0 Å². The molecule has 3 heterocycles. The van der Waals surface area contributed by atoms with Crippen LogP contribution >= 0.6 is 0 Å². The highest BCUT2D eigenvalue weighted by Crippen LogP contribution is 2.30. The van der Waals surface area contributed by atoms with Crippen LogP contribution in [0.15, 0.2) is 11.5 Å². The molecule has 0 aliphatic carbocycles. The summed E-state index contributed by atoms with van der Waals surface area (Å²) < 4.78 is 62.5. The fraction of sp³-hybridized carbons (Fsp3) is 0.600. The summed E-state index contributed by atoms with van der Waals surface area (Å²) >= 11 is 0. The van der Waals surface area contributed by atoms with E-state index in [9.17, 15) is 21.6 Å². The number of piperidine rings is 1. The Bertz CT molecular complexity index is 956. The lowest BCUT2D eigenvalue weighted by Crippen LogP contribution is -2.50. The van der Waals surface area contributed by atoms with Gasteiger partial charge >= 0.3 is 16.4 Å². The van der Waals surface area contributed by atoms with E-state index in [0.29, 0.717) is 5.06 Å². The van der Waals surface area contributed by atoms with Crippen LogP contribution < -0.4 is 4.72 Å². The molecule has 2 aliphatic heterocycles. The average molecular weight is 409 g/mol. The van der Waals surface area contributed by atoms with Crippen molar-refractivity contribution in [1.82, 2.24) is 29.4 Å². The van der Waals surface area contributed by atoms with Gasteiger partial charge in [-0.3, -0.25) is 14.7 Å². The van der Waals surface area contributed by atoms with Crippen molar-refractivity contribution in [2.75, 3.05) is 6.54 Å². The third-order valence-electron chi connectivity index (χ3n) is 3.99. The first-order valence-electron chi connectivity index (χ1n) is 7.21. The maximum atomic E-state index is 12.3. The Labute approximate surface area is 148 Å². The van der Waals surface area contributed by atoms with Gasteiger partial charge in [0.1, 0.15) is 12.2 Å². The zero-order valence-corrected chi connectivity index (χ0v) is 14.9. The highest BCUT2D eigenvalue weighted by Gasteiger charge is 2.49. The standard InChI is InChI=1S/C10H15N7O7S2/c1-15-5-12-13-9(15)25(19,20)14-8(11)7-3-2-6-4-16(7)10(18)17(6)24-26(21,22)23/h5-7H,2-4H2,1H3,(H2,11,14)(H,21,22,23). The molecule has 2 unspecified atom stereocenters. The number of carbonyl (C=O) groups is 1. The molecule has 2 bridgehead atoms. The van der Waals surface area contributed by atoms with E-state index in [-0.39, 0.29) is 19.4 Å². The Morgan fingerprint density at radius 2 is 2.08 bits per heavy atom. The Hall–Kier alpha value is -2.30. The highest BCUT2D eigenvalue weighted by molar-refractivity contribution is 7.89. The van der Waals surface area contributed by atoms with Gasteiger partial charge in [0.25, 0.3) is 15.2 Å². The number of aromatic nitrogens is 3. The molecule has 144 valence electrons. The SMILES string of the molecule is Cn1cnnc1S(=O)(=O)NC(=N)C1CCC2CN1C(=O)N2OS(=O)(=O)O. The Balaban J connectivity index is 1.76. The lowest BCUT2D eigenvalue weighted by atomic mass is 10.0. The van der Waals surface area contributed by atoms with Crippen LogP contribution in [0.1, 0.15) is 12.8 Å². The normalized spacial score (nSPS) is 23.4. The first-order valence-corrected chi connectivity index (χ1v) is 10.1. The number of hydrogen-bond donors (Lipinski definition) is 3. The maximum Gasteiger partial charge on any atom is 0.418 e. The van der Waals surface area contributed by atoms with Gasteiger partial charge in [-0.1, -0.05) is 0 Å². The van der Waals surface area contributed by atoms with Crippen LogP contribution in [0.25, 0.3) is 0 Å². The number of aryl methyl sites for hydroxylation is 1. The molecule has 0 radical (unpaired) electrons. The molecule has 3 N–H and O–H groups in total. The van der Waals surface area contributed by atoms with Gasteiger partial charge in [0.2, 0.25) is 0 Å². The van der Waals surface area contributed by atoms with Gasteiger partial charge in [0.05, 0.1) is 12.1 Å².